The number of fused-ring (bicyclic) bond motifs is 2. The predicted molar refractivity (Wildman–Crippen MR) is 89.0 cm³/mol. The second kappa shape index (κ2) is 5.10. The van der Waals surface area contributed by atoms with Crippen LogP contribution >= 0.6 is 11.6 Å². The largest absolute Gasteiger partial charge is 0.481 e. The zero-order chi connectivity index (χ0) is 18.5. The van der Waals surface area contributed by atoms with Crippen molar-refractivity contribution in [1.29, 1.82) is 0 Å². The average molecular weight is 330 g/mol. The summed E-state index contributed by atoms with van der Waals surface area (Å²) in [5.74, 6) is -0.0761. The van der Waals surface area contributed by atoms with Gasteiger partial charge in [0.05, 0.1) is 22.2 Å². The van der Waals surface area contributed by atoms with Crippen LogP contribution in [0.1, 0.15) is 4.11 Å². The molecule has 6 nitrogen and oxygen atoms in total. The number of aromatic nitrogens is 4. The Balaban J connectivity index is 1.78. The third-order valence-corrected chi connectivity index (χ3v) is 3.82. The van der Waals surface area contributed by atoms with Crippen molar-refractivity contribution in [2.45, 2.75) is 0 Å². The number of hydrogen-bond donors (Lipinski definition) is 2. The number of nitrogens with one attached hydrogen (secondary N) is 2. The molecule has 7 heteroatoms. The molecule has 0 aliphatic carbocycles. The Morgan fingerprint density at radius 1 is 1.17 bits per heavy atom. The molecule has 3 heterocycles. The summed E-state index contributed by atoms with van der Waals surface area (Å²) >= 11 is 6.20. The van der Waals surface area contributed by atoms with Gasteiger partial charge in [0, 0.05) is 17.0 Å². The van der Waals surface area contributed by atoms with Crippen LogP contribution in [-0.4, -0.2) is 27.0 Å². The zero-order valence-electron chi connectivity index (χ0n) is 14.6. The molecule has 1 aromatic carbocycles. The van der Waals surface area contributed by atoms with E-state index in [1.165, 1.54) is 6.07 Å². The molecule has 0 amide bonds. The van der Waals surface area contributed by atoms with E-state index in [0.29, 0.717) is 22.2 Å². The fourth-order valence-corrected chi connectivity index (χ4v) is 2.74. The molecule has 0 fully saturated rings. The minimum Gasteiger partial charge on any atom is -0.481 e. The molecule has 0 atom stereocenters. The van der Waals surface area contributed by atoms with Crippen molar-refractivity contribution in [3.05, 3.63) is 52.0 Å². The first kappa shape index (κ1) is 10.8. The normalized spacial score (nSPS) is 13.7. The van der Waals surface area contributed by atoms with Gasteiger partial charge in [-0.3, -0.25) is 4.98 Å². The number of H-pyrrole nitrogens is 2. The van der Waals surface area contributed by atoms with Gasteiger partial charge in [0.25, 0.3) is 0 Å². The van der Waals surface area contributed by atoms with E-state index in [1.807, 2.05) is 18.2 Å². The van der Waals surface area contributed by atoms with Gasteiger partial charge in [-0.25, -0.2) is 14.8 Å². The molecule has 0 aliphatic heterocycles. The monoisotopic (exact) mass is 329 g/mol. The van der Waals surface area contributed by atoms with Gasteiger partial charge >= 0.3 is 5.69 Å². The lowest BCUT2D eigenvalue weighted by atomic mass is 10.0. The standard InChI is InChI=1S/C16H11ClN4O2/c1-23-13-5-3-10(14(17)20-13)8-2-4-11-9(6-8)7-12-15(18-11)21-16(22)19-12/h2-7H,1H3,(H2,18,19,21,22)/i1D3. The first-order valence-corrected chi connectivity index (χ1v) is 7.05. The molecule has 4 rings (SSSR count). The predicted octanol–water partition coefficient (Wildman–Crippen LogP) is 3.13. The molecule has 3 aromatic heterocycles. The topological polar surface area (TPSA) is 83.7 Å². The van der Waals surface area contributed by atoms with E-state index in [4.69, 9.17) is 20.5 Å². The number of ether oxygens (including phenoxy) is 1. The van der Waals surface area contributed by atoms with Gasteiger partial charge in [0.1, 0.15) is 5.15 Å². The summed E-state index contributed by atoms with van der Waals surface area (Å²) in [6, 6.07) is 10.4. The third-order valence-electron chi connectivity index (χ3n) is 3.53. The van der Waals surface area contributed by atoms with Crippen LogP contribution in [0.15, 0.2) is 41.2 Å². The van der Waals surface area contributed by atoms with E-state index in [2.05, 4.69) is 19.9 Å². The van der Waals surface area contributed by atoms with Crippen LogP contribution in [-0.2, 0) is 0 Å². The van der Waals surface area contributed by atoms with Crippen LogP contribution in [0.4, 0.5) is 0 Å². The first-order chi connectivity index (χ1) is 12.3. The van der Waals surface area contributed by atoms with Gasteiger partial charge in [0.2, 0.25) is 5.88 Å². The Kier molecular flexibility index (Phi) is 2.39. The Labute approximate surface area is 139 Å². The van der Waals surface area contributed by atoms with E-state index in [9.17, 15) is 4.79 Å². The molecule has 23 heavy (non-hydrogen) atoms. The molecule has 2 N–H and O–H groups in total. The highest BCUT2D eigenvalue weighted by Crippen LogP contribution is 2.30. The number of rotatable bonds is 2. The van der Waals surface area contributed by atoms with Crippen molar-refractivity contribution in [2.24, 2.45) is 0 Å². The summed E-state index contributed by atoms with van der Waals surface area (Å²) in [4.78, 5) is 25.1. The van der Waals surface area contributed by atoms with Crippen LogP contribution in [0, 0.1) is 0 Å². The van der Waals surface area contributed by atoms with Crippen molar-refractivity contribution in [1.82, 2.24) is 19.9 Å². The van der Waals surface area contributed by atoms with Crippen LogP contribution < -0.4 is 10.4 Å². The molecule has 0 aliphatic rings. The summed E-state index contributed by atoms with van der Waals surface area (Å²) < 4.78 is 26.1. The van der Waals surface area contributed by atoms with Crippen LogP contribution in [0.5, 0.6) is 5.88 Å². The fourth-order valence-electron chi connectivity index (χ4n) is 2.49. The molecular weight excluding hydrogens is 316 g/mol. The van der Waals surface area contributed by atoms with Gasteiger partial charge in [-0.15, -0.1) is 0 Å². The maximum atomic E-state index is 11.4. The summed E-state index contributed by atoms with van der Waals surface area (Å²) in [5.41, 5.74) is 2.87. The number of aromatic amines is 2. The Morgan fingerprint density at radius 3 is 2.91 bits per heavy atom. The van der Waals surface area contributed by atoms with Crippen LogP contribution in [0.25, 0.3) is 33.2 Å². The smallest absolute Gasteiger partial charge is 0.325 e. The lowest BCUT2D eigenvalue weighted by molar-refractivity contribution is 0.398. The molecule has 4 aromatic rings. The highest BCUT2D eigenvalue weighted by Gasteiger charge is 2.09. The molecule has 0 radical (unpaired) electrons. The average Bonchev–Trinajstić information content (AvgIpc) is 2.89. The number of nitrogens with zero attached hydrogens (tertiary/aromatic N) is 2. The van der Waals surface area contributed by atoms with E-state index in [-0.39, 0.29) is 16.7 Å². The maximum Gasteiger partial charge on any atom is 0.325 e. The van der Waals surface area contributed by atoms with Crippen molar-refractivity contribution in [3.8, 4) is 17.0 Å². The molecular formula is C16H11ClN4O2. The van der Waals surface area contributed by atoms with Crippen molar-refractivity contribution < 1.29 is 8.85 Å². The number of halogens is 1. The van der Waals surface area contributed by atoms with Crippen molar-refractivity contribution >= 4 is 33.7 Å². The third kappa shape index (κ3) is 2.33. The van der Waals surface area contributed by atoms with Gasteiger partial charge in [-0.2, -0.15) is 0 Å². The van der Waals surface area contributed by atoms with Gasteiger partial charge < -0.3 is 9.72 Å². The summed E-state index contributed by atoms with van der Waals surface area (Å²) in [7, 11) is -2.59. The fraction of sp³-hybridized carbons (Fsp3) is 0.0625. The van der Waals surface area contributed by atoms with E-state index in [1.54, 1.807) is 12.1 Å². The van der Waals surface area contributed by atoms with E-state index >= 15 is 0 Å². The Bertz CT molecular complexity index is 1200. The SMILES string of the molecule is [2H]C([2H])([2H])Oc1ccc(-c2ccc3nc4[nH]c(=O)[nH]c4cc3c2)c(Cl)n1. The first-order valence-electron chi connectivity index (χ1n) is 8.17. The molecule has 0 unspecified atom stereocenters. The van der Waals surface area contributed by atoms with Gasteiger partial charge in [-0.1, -0.05) is 17.7 Å². The van der Waals surface area contributed by atoms with Crippen LogP contribution in [0.2, 0.25) is 5.15 Å². The molecule has 114 valence electrons. The van der Waals surface area contributed by atoms with E-state index < -0.39 is 7.04 Å². The summed E-state index contributed by atoms with van der Waals surface area (Å²) in [6.45, 7) is 0. The van der Waals surface area contributed by atoms with E-state index in [0.717, 1.165) is 10.9 Å². The minimum atomic E-state index is -2.59. The number of methoxy groups -OCH3 is 1. The lowest BCUT2D eigenvalue weighted by Gasteiger charge is -2.07. The number of hydrogen-bond acceptors (Lipinski definition) is 4. The highest BCUT2D eigenvalue weighted by molar-refractivity contribution is 6.32. The number of imidazole rings is 1. The molecule has 0 bridgehead atoms. The van der Waals surface area contributed by atoms with Crippen molar-refractivity contribution in [3.63, 3.8) is 0 Å². The number of benzene rings is 1. The zero-order valence-corrected chi connectivity index (χ0v) is 12.3. The summed E-state index contributed by atoms with van der Waals surface area (Å²) in [6.07, 6.45) is 0. The second-order valence-electron chi connectivity index (χ2n) is 4.96. The minimum absolute atomic E-state index is 0.0761. The second-order valence-corrected chi connectivity index (χ2v) is 5.32. The summed E-state index contributed by atoms with van der Waals surface area (Å²) in [5, 5.41) is 0.930. The number of pyridine rings is 2. The van der Waals surface area contributed by atoms with Crippen molar-refractivity contribution in [2.75, 3.05) is 7.04 Å². The van der Waals surface area contributed by atoms with Gasteiger partial charge in [0.15, 0.2) is 5.65 Å². The van der Waals surface area contributed by atoms with Crippen LogP contribution in [0.3, 0.4) is 0 Å². The molecule has 0 spiro atoms. The molecule has 0 saturated carbocycles. The maximum absolute atomic E-state index is 11.4. The Morgan fingerprint density at radius 2 is 2.09 bits per heavy atom. The Hall–Kier alpha value is -2.86. The quantitative estimate of drug-likeness (QED) is 0.553. The highest BCUT2D eigenvalue weighted by atomic mass is 35.5. The lowest BCUT2D eigenvalue weighted by Crippen LogP contribution is -1.99. The molecule has 0 saturated heterocycles. The van der Waals surface area contributed by atoms with Gasteiger partial charge in [-0.05, 0) is 29.8 Å².